The number of amides is 2. The molecule has 0 bridgehead atoms. The van der Waals surface area contributed by atoms with E-state index in [4.69, 9.17) is 9.47 Å². The van der Waals surface area contributed by atoms with Crippen LogP contribution >= 0.6 is 11.3 Å². The number of aromatic nitrogens is 2. The molecule has 0 spiro atoms. The number of benzene rings is 1. The molecule has 0 saturated carbocycles. The number of nitrogens with one attached hydrogen (secondary N) is 2. The van der Waals surface area contributed by atoms with Gasteiger partial charge in [-0.05, 0) is 18.2 Å². The third-order valence-electron chi connectivity index (χ3n) is 2.66. The molecule has 0 aliphatic rings. The van der Waals surface area contributed by atoms with Crippen LogP contribution in [-0.4, -0.2) is 42.8 Å². The van der Waals surface area contributed by atoms with Gasteiger partial charge in [0.1, 0.15) is 5.51 Å². The highest BCUT2D eigenvalue weighted by Gasteiger charge is 2.12. The van der Waals surface area contributed by atoms with Crippen molar-refractivity contribution >= 4 is 28.3 Å². The molecule has 0 radical (unpaired) electrons. The molecule has 0 aliphatic heterocycles. The van der Waals surface area contributed by atoms with Gasteiger partial charge in [-0.25, -0.2) is 0 Å². The predicted molar refractivity (Wildman–Crippen MR) is 80.4 cm³/mol. The average Bonchev–Trinajstić information content (AvgIpc) is 3.04. The van der Waals surface area contributed by atoms with Crippen LogP contribution in [0.4, 0.5) is 5.13 Å². The Morgan fingerprint density at radius 2 is 2.00 bits per heavy atom. The molecule has 1 aromatic heterocycles. The monoisotopic (exact) mass is 322 g/mol. The minimum Gasteiger partial charge on any atom is -0.493 e. The number of rotatable bonds is 6. The van der Waals surface area contributed by atoms with E-state index in [2.05, 4.69) is 20.8 Å². The first-order chi connectivity index (χ1) is 10.6. The van der Waals surface area contributed by atoms with Crippen LogP contribution in [0.25, 0.3) is 0 Å². The van der Waals surface area contributed by atoms with Gasteiger partial charge in [-0.15, -0.1) is 10.2 Å². The van der Waals surface area contributed by atoms with E-state index in [-0.39, 0.29) is 12.5 Å². The number of methoxy groups -OCH3 is 2. The van der Waals surface area contributed by atoms with Gasteiger partial charge in [0.05, 0.1) is 20.8 Å². The van der Waals surface area contributed by atoms with Crippen molar-refractivity contribution in [1.82, 2.24) is 15.5 Å². The van der Waals surface area contributed by atoms with Crippen LogP contribution in [0.3, 0.4) is 0 Å². The smallest absolute Gasteiger partial charge is 0.251 e. The topological polar surface area (TPSA) is 102 Å². The van der Waals surface area contributed by atoms with Crippen LogP contribution in [0.2, 0.25) is 0 Å². The lowest BCUT2D eigenvalue weighted by atomic mass is 10.2. The third kappa shape index (κ3) is 3.92. The van der Waals surface area contributed by atoms with Crippen LogP contribution in [0.5, 0.6) is 11.5 Å². The lowest BCUT2D eigenvalue weighted by Gasteiger charge is -2.09. The Bertz CT molecular complexity index is 660. The zero-order chi connectivity index (χ0) is 15.9. The number of hydrogen-bond donors (Lipinski definition) is 2. The van der Waals surface area contributed by atoms with Gasteiger partial charge in [-0.3, -0.25) is 14.9 Å². The first-order valence-electron chi connectivity index (χ1n) is 6.20. The van der Waals surface area contributed by atoms with E-state index in [1.54, 1.807) is 12.1 Å². The molecule has 22 heavy (non-hydrogen) atoms. The molecule has 1 aromatic carbocycles. The van der Waals surface area contributed by atoms with Crippen LogP contribution in [0.15, 0.2) is 23.7 Å². The molecule has 2 rings (SSSR count). The van der Waals surface area contributed by atoms with Crippen molar-refractivity contribution in [2.24, 2.45) is 0 Å². The lowest BCUT2D eigenvalue weighted by Crippen LogP contribution is -2.32. The van der Waals surface area contributed by atoms with Crippen molar-refractivity contribution in [2.75, 3.05) is 26.1 Å². The first-order valence-corrected chi connectivity index (χ1v) is 7.08. The predicted octanol–water partition coefficient (Wildman–Crippen LogP) is 0.924. The molecule has 9 heteroatoms. The van der Waals surface area contributed by atoms with E-state index in [1.165, 1.54) is 37.1 Å². The highest BCUT2D eigenvalue weighted by Crippen LogP contribution is 2.27. The highest BCUT2D eigenvalue weighted by atomic mass is 32.1. The number of anilines is 1. The van der Waals surface area contributed by atoms with Gasteiger partial charge in [0.2, 0.25) is 11.0 Å². The maximum absolute atomic E-state index is 12.0. The highest BCUT2D eigenvalue weighted by molar-refractivity contribution is 7.13. The summed E-state index contributed by atoms with van der Waals surface area (Å²) in [4.78, 5) is 23.6. The van der Waals surface area contributed by atoms with Gasteiger partial charge < -0.3 is 14.8 Å². The molecule has 0 fully saturated rings. The Morgan fingerprint density at radius 1 is 1.23 bits per heavy atom. The summed E-state index contributed by atoms with van der Waals surface area (Å²) in [6.45, 7) is -0.174. The summed E-state index contributed by atoms with van der Waals surface area (Å²) in [5.41, 5.74) is 1.86. The Kier molecular flexibility index (Phi) is 5.26. The van der Waals surface area contributed by atoms with Crippen molar-refractivity contribution in [3.63, 3.8) is 0 Å². The summed E-state index contributed by atoms with van der Waals surface area (Å²) in [5.74, 6) is 0.181. The number of ether oxygens (including phenoxy) is 2. The van der Waals surface area contributed by atoms with Crippen LogP contribution in [-0.2, 0) is 4.79 Å². The second-order valence-corrected chi connectivity index (χ2v) is 4.88. The molecule has 8 nitrogen and oxygen atoms in total. The summed E-state index contributed by atoms with van der Waals surface area (Å²) in [6, 6.07) is 4.74. The maximum atomic E-state index is 12.0. The lowest BCUT2D eigenvalue weighted by molar-refractivity contribution is -0.115. The van der Waals surface area contributed by atoms with E-state index < -0.39 is 5.91 Å². The fraction of sp³-hybridized carbons (Fsp3) is 0.231. The van der Waals surface area contributed by atoms with Gasteiger partial charge in [-0.1, -0.05) is 11.3 Å². The summed E-state index contributed by atoms with van der Waals surface area (Å²) in [5, 5.41) is 12.7. The molecule has 0 saturated heterocycles. The van der Waals surface area contributed by atoms with Gasteiger partial charge in [0.25, 0.3) is 5.91 Å². The van der Waals surface area contributed by atoms with E-state index in [0.29, 0.717) is 22.2 Å². The van der Waals surface area contributed by atoms with E-state index in [0.717, 1.165) is 0 Å². The van der Waals surface area contributed by atoms with Crippen LogP contribution in [0.1, 0.15) is 10.4 Å². The summed E-state index contributed by atoms with van der Waals surface area (Å²) < 4.78 is 10.2. The standard InChI is InChI=1S/C13H14N4O4S/c1-20-9-4-3-8(5-10(9)21-2)12(19)14-6-11(18)16-13-17-15-7-22-13/h3-5,7H,6H2,1-2H3,(H,14,19)(H,16,17,18). The van der Waals surface area contributed by atoms with E-state index in [9.17, 15) is 9.59 Å². The molecular weight excluding hydrogens is 308 g/mol. The second-order valence-electron chi connectivity index (χ2n) is 4.04. The Hall–Kier alpha value is -2.68. The van der Waals surface area contributed by atoms with E-state index >= 15 is 0 Å². The molecule has 2 aromatic rings. The fourth-order valence-electron chi connectivity index (χ4n) is 1.63. The number of hydrogen-bond acceptors (Lipinski definition) is 7. The molecular formula is C13H14N4O4S. The van der Waals surface area contributed by atoms with Crippen molar-refractivity contribution < 1.29 is 19.1 Å². The number of carbonyl (C=O) groups is 2. The largest absolute Gasteiger partial charge is 0.493 e. The minimum atomic E-state index is -0.395. The Labute approximate surface area is 130 Å². The molecule has 0 atom stereocenters. The normalized spacial score (nSPS) is 9.91. The van der Waals surface area contributed by atoms with Crippen LogP contribution < -0.4 is 20.1 Å². The van der Waals surface area contributed by atoms with Crippen molar-refractivity contribution in [2.45, 2.75) is 0 Å². The minimum absolute atomic E-state index is 0.174. The summed E-state index contributed by atoms with van der Waals surface area (Å²) in [7, 11) is 2.99. The van der Waals surface area contributed by atoms with Gasteiger partial charge >= 0.3 is 0 Å². The van der Waals surface area contributed by atoms with Gasteiger partial charge in [0.15, 0.2) is 11.5 Å². The quantitative estimate of drug-likeness (QED) is 0.820. The molecule has 0 unspecified atom stereocenters. The number of carbonyl (C=O) groups excluding carboxylic acids is 2. The summed E-state index contributed by atoms with van der Waals surface area (Å²) in [6.07, 6.45) is 0. The third-order valence-corrected chi connectivity index (χ3v) is 3.27. The first kappa shape index (κ1) is 15.7. The van der Waals surface area contributed by atoms with Crippen molar-refractivity contribution in [1.29, 1.82) is 0 Å². The zero-order valence-corrected chi connectivity index (χ0v) is 12.8. The zero-order valence-electron chi connectivity index (χ0n) is 12.0. The molecule has 2 amide bonds. The average molecular weight is 322 g/mol. The molecule has 0 aliphatic carbocycles. The Morgan fingerprint density at radius 3 is 2.64 bits per heavy atom. The Balaban J connectivity index is 1.93. The number of nitrogens with zero attached hydrogens (tertiary/aromatic N) is 2. The maximum Gasteiger partial charge on any atom is 0.251 e. The van der Waals surface area contributed by atoms with Gasteiger partial charge in [-0.2, -0.15) is 0 Å². The summed E-state index contributed by atoms with van der Waals surface area (Å²) >= 11 is 1.19. The van der Waals surface area contributed by atoms with Crippen LogP contribution in [0, 0.1) is 0 Å². The molecule has 1 heterocycles. The van der Waals surface area contributed by atoms with Crippen molar-refractivity contribution in [3.8, 4) is 11.5 Å². The van der Waals surface area contributed by atoms with Gasteiger partial charge in [0, 0.05) is 5.56 Å². The van der Waals surface area contributed by atoms with E-state index in [1.807, 2.05) is 0 Å². The second kappa shape index (κ2) is 7.36. The fourth-order valence-corrected chi connectivity index (χ4v) is 2.09. The molecule has 116 valence electrons. The SMILES string of the molecule is COc1ccc(C(=O)NCC(=O)Nc2nncs2)cc1OC. The molecule has 2 N–H and O–H groups in total. The van der Waals surface area contributed by atoms with Crippen molar-refractivity contribution in [3.05, 3.63) is 29.3 Å².